The highest BCUT2D eigenvalue weighted by atomic mass is 19.1. The normalized spacial score (nSPS) is 10.1. The van der Waals surface area contributed by atoms with Crippen LogP contribution >= 0.6 is 0 Å². The van der Waals surface area contributed by atoms with Crippen LogP contribution < -0.4 is 4.74 Å². The van der Waals surface area contributed by atoms with Gasteiger partial charge in [-0.15, -0.1) is 0 Å². The summed E-state index contributed by atoms with van der Waals surface area (Å²) in [6, 6.07) is 23.5. The monoisotopic (exact) mass is 303 g/mol. The van der Waals surface area contributed by atoms with Gasteiger partial charge in [0.05, 0.1) is 5.56 Å². The van der Waals surface area contributed by atoms with Gasteiger partial charge in [0, 0.05) is 0 Å². The number of hydrogen-bond acceptors (Lipinski definition) is 2. The van der Waals surface area contributed by atoms with Crippen LogP contribution in [0, 0.1) is 17.1 Å². The molecular weight excluding hydrogens is 289 g/mol. The number of ether oxygens (including phenoxy) is 1. The zero-order valence-corrected chi connectivity index (χ0v) is 12.4. The van der Waals surface area contributed by atoms with Crippen molar-refractivity contribution >= 4 is 0 Å². The molecule has 3 aromatic carbocycles. The molecule has 3 aromatic rings. The van der Waals surface area contributed by atoms with Gasteiger partial charge in [0.25, 0.3) is 0 Å². The topological polar surface area (TPSA) is 33.0 Å². The standard InChI is InChI=1S/C20H14FNO/c21-19-9-6-16(7-10-19)17-8-11-20(18(12-17)13-22)23-14-15-4-2-1-3-5-15/h1-12H,14H2. The summed E-state index contributed by atoms with van der Waals surface area (Å²) in [4.78, 5) is 0. The van der Waals surface area contributed by atoms with Crippen molar-refractivity contribution in [1.82, 2.24) is 0 Å². The summed E-state index contributed by atoms with van der Waals surface area (Å²) in [7, 11) is 0. The Morgan fingerprint density at radius 2 is 1.57 bits per heavy atom. The fourth-order valence-corrected chi connectivity index (χ4v) is 2.30. The molecule has 0 aliphatic carbocycles. The van der Waals surface area contributed by atoms with Gasteiger partial charge in [0.15, 0.2) is 0 Å². The number of hydrogen-bond donors (Lipinski definition) is 0. The molecule has 0 atom stereocenters. The molecule has 0 radical (unpaired) electrons. The molecule has 0 aliphatic heterocycles. The predicted octanol–water partition coefficient (Wildman–Crippen LogP) is 4.94. The molecule has 0 unspecified atom stereocenters. The lowest BCUT2D eigenvalue weighted by Crippen LogP contribution is -1.97. The molecule has 0 N–H and O–H groups in total. The lowest BCUT2D eigenvalue weighted by Gasteiger charge is -2.10. The van der Waals surface area contributed by atoms with Crippen molar-refractivity contribution in [2.24, 2.45) is 0 Å². The fraction of sp³-hybridized carbons (Fsp3) is 0.0500. The first kappa shape index (κ1) is 14.8. The van der Waals surface area contributed by atoms with Crippen LogP contribution in [0.1, 0.15) is 11.1 Å². The van der Waals surface area contributed by atoms with Crippen LogP contribution in [-0.2, 0) is 6.61 Å². The lowest BCUT2D eigenvalue weighted by molar-refractivity contribution is 0.305. The average molecular weight is 303 g/mol. The van der Waals surface area contributed by atoms with E-state index in [0.717, 1.165) is 16.7 Å². The van der Waals surface area contributed by atoms with E-state index < -0.39 is 0 Å². The maximum Gasteiger partial charge on any atom is 0.137 e. The van der Waals surface area contributed by atoms with Gasteiger partial charge in [-0.05, 0) is 41.0 Å². The Hall–Kier alpha value is -3.12. The predicted molar refractivity (Wildman–Crippen MR) is 87.3 cm³/mol. The van der Waals surface area contributed by atoms with Crippen LogP contribution in [-0.4, -0.2) is 0 Å². The number of halogens is 1. The van der Waals surface area contributed by atoms with E-state index in [1.165, 1.54) is 12.1 Å². The first-order valence-electron chi connectivity index (χ1n) is 7.23. The largest absolute Gasteiger partial charge is 0.488 e. The van der Waals surface area contributed by atoms with E-state index in [9.17, 15) is 9.65 Å². The van der Waals surface area contributed by atoms with Crippen molar-refractivity contribution in [3.63, 3.8) is 0 Å². The molecular formula is C20H14FNO. The Morgan fingerprint density at radius 1 is 0.870 bits per heavy atom. The van der Waals surface area contributed by atoms with Gasteiger partial charge >= 0.3 is 0 Å². The molecule has 2 nitrogen and oxygen atoms in total. The second kappa shape index (κ2) is 6.76. The summed E-state index contributed by atoms with van der Waals surface area (Å²) in [5.74, 6) is 0.263. The van der Waals surface area contributed by atoms with Crippen molar-refractivity contribution in [3.8, 4) is 22.9 Å². The number of nitrogens with zero attached hydrogens (tertiary/aromatic N) is 1. The van der Waals surface area contributed by atoms with Gasteiger partial charge in [-0.25, -0.2) is 4.39 Å². The minimum atomic E-state index is -0.280. The molecule has 0 saturated carbocycles. The molecule has 0 fully saturated rings. The third kappa shape index (κ3) is 3.56. The Kier molecular flexibility index (Phi) is 4.35. The van der Waals surface area contributed by atoms with E-state index in [0.29, 0.717) is 17.9 Å². The minimum Gasteiger partial charge on any atom is -0.488 e. The maximum absolute atomic E-state index is 13.0. The molecule has 23 heavy (non-hydrogen) atoms. The van der Waals surface area contributed by atoms with Crippen LogP contribution in [0.15, 0.2) is 72.8 Å². The summed E-state index contributed by atoms with van der Waals surface area (Å²) in [5, 5.41) is 9.34. The van der Waals surface area contributed by atoms with E-state index in [1.54, 1.807) is 24.3 Å². The molecule has 0 heterocycles. The maximum atomic E-state index is 13.0. The van der Waals surface area contributed by atoms with E-state index in [-0.39, 0.29) is 5.82 Å². The molecule has 3 heteroatoms. The van der Waals surface area contributed by atoms with E-state index in [2.05, 4.69) is 6.07 Å². The third-order valence-electron chi connectivity index (χ3n) is 3.51. The Labute approximate surface area is 134 Å². The Morgan fingerprint density at radius 3 is 2.26 bits per heavy atom. The van der Waals surface area contributed by atoms with Gasteiger partial charge in [0.2, 0.25) is 0 Å². The quantitative estimate of drug-likeness (QED) is 0.683. The first-order chi connectivity index (χ1) is 11.3. The molecule has 3 rings (SSSR count). The minimum absolute atomic E-state index is 0.280. The van der Waals surface area contributed by atoms with Crippen LogP contribution in [0.5, 0.6) is 5.75 Å². The average Bonchev–Trinajstić information content (AvgIpc) is 2.61. The smallest absolute Gasteiger partial charge is 0.137 e. The van der Waals surface area contributed by atoms with Crippen molar-refractivity contribution < 1.29 is 9.13 Å². The van der Waals surface area contributed by atoms with Gasteiger partial charge < -0.3 is 4.74 Å². The molecule has 0 bridgehead atoms. The van der Waals surface area contributed by atoms with Gasteiger partial charge in [-0.1, -0.05) is 48.5 Å². The number of benzene rings is 3. The highest BCUT2D eigenvalue weighted by molar-refractivity contribution is 5.67. The SMILES string of the molecule is N#Cc1cc(-c2ccc(F)cc2)ccc1OCc1ccccc1. The van der Waals surface area contributed by atoms with Gasteiger partial charge in [0.1, 0.15) is 24.2 Å². The molecule has 112 valence electrons. The summed E-state index contributed by atoms with van der Waals surface area (Å²) < 4.78 is 18.7. The zero-order chi connectivity index (χ0) is 16.1. The molecule has 0 amide bonds. The fourth-order valence-electron chi connectivity index (χ4n) is 2.30. The first-order valence-corrected chi connectivity index (χ1v) is 7.23. The van der Waals surface area contributed by atoms with Gasteiger partial charge in [-0.2, -0.15) is 5.26 Å². The lowest BCUT2D eigenvalue weighted by atomic mass is 10.0. The highest BCUT2D eigenvalue weighted by Crippen LogP contribution is 2.27. The van der Waals surface area contributed by atoms with Crippen LogP contribution in [0.4, 0.5) is 4.39 Å². The second-order valence-corrected chi connectivity index (χ2v) is 5.10. The summed E-state index contributed by atoms with van der Waals surface area (Å²) in [5.41, 5.74) is 3.22. The Bertz CT molecular complexity index is 836. The van der Waals surface area contributed by atoms with E-state index in [1.807, 2.05) is 36.4 Å². The van der Waals surface area contributed by atoms with Crippen LogP contribution in [0.3, 0.4) is 0 Å². The number of rotatable bonds is 4. The second-order valence-electron chi connectivity index (χ2n) is 5.10. The Balaban J connectivity index is 1.82. The summed E-state index contributed by atoms with van der Waals surface area (Å²) in [6.07, 6.45) is 0. The van der Waals surface area contributed by atoms with E-state index in [4.69, 9.17) is 4.74 Å². The third-order valence-corrected chi connectivity index (χ3v) is 3.51. The number of nitriles is 1. The van der Waals surface area contributed by atoms with Gasteiger partial charge in [-0.3, -0.25) is 0 Å². The molecule has 0 saturated heterocycles. The zero-order valence-electron chi connectivity index (χ0n) is 12.4. The van der Waals surface area contributed by atoms with Crippen LogP contribution in [0.25, 0.3) is 11.1 Å². The summed E-state index contributed by atoms with van der Waals surface area (Å²) >= 11 is 0. The van der Waals surface area contributed by atoms with Crippen molar-refractivity contribution in [2.45, 2.75) is 6.61 Å². The summed E-state index contributed by atoms with van der Waals surface area (Å²) in [6.45, 7) is 0.408. The van der Waals surface area contributed by atoms with Crippen molar-refractivity contribution in [1.29, 1.82) is 5.26 Å². The molecule has 0 aliphatic rings. The van der Waals surface area contributed by atoms with E-state index >= 15 is 0 Å². The van der Waals surface area contributed by atoms with Crippen molar-refractivity contribution in [3.05, 3.63) is 89.7 Å². The van der Waals surface area contributed by atoms with Crippen molar-refractivity contribution in [2.75, 3.05) is 0 Å². The highest BCUT2D eigenvalue weighted by Gasteiger charge is 2.07. The molecule has 0 spiro atoms. The van der Waals surface area contributed by atoms with Crippen LogP contribution in [0.2, 0.25) is 0 Å². The molecule has 0 aromatic heterocycles.